The largest absolute Gasteiger partial charge is 0.480 e. The van der Waals surface area contributed by atoms with Crippen LogP contribution in [0.5, 0.6) is 11.6 Å². The van der Waals surface area contributed by atoms with Crippen LogP contribution >= 0.6 is 11.6 Å². The predicted octanol–water partition coefficient (Wildman–Crippen LogP) is 5.40. The molecule has 0 bridgehead atoms. The molecule has 1 atom stereocenters. The van der Waals surface area contributed by atoms with Gasteiger partial charge in [-0.1, -0.05) is 11.6 Å². The summed E-state index contributed by atoms with van der Waals surface area (Å²) < 4.78 is 66.8. The summed E-state index contributed by atoms with van der Waals surface area (Å²) in [6, 6.07) is 1.72. The number of aliphatic hydroxyl groups is 1. The number of carbonyl (C=O) groups is 1. The van der Waals surface area contributed by atoms with E-state index in [4.69, 9.17) is 21.1 Å². The molecular weight excluding hydrogens is 520 g/mol. The minimum Gasteiger partial charge on any atom is -0.480 e. The third kappa shape index (κ3) is 5.96. The molecule has 2 N–H and O–H groups in total. The number of halogens is 5. The lowest BCUT2D eigenvalue weighted by Gasteiger charge is -2.21. The summed E-state index contributed by atoms with van der Waals surface area (Å²) in [4.78, 5) is 21.3. The van der Waals surface area contributed by atoms with E-state index in [1.54, 1.807) is 14.0 Å². The number of anilines is 1. The van der Waals surface area contributed by atoms with E-state index in [1.165, 1.54) is 37.9 Å². The molecule has 37 heavy (non-hydrogen) atoms. The first kappa shape index (κ1) is 28.2. The van der Waals surface area contributed by atoms with Gasteiger partial charge in [0.25, 0.3) is 5.91 Å². The van der Waals surface area contributed by atoms with Gasteiger partial charge in [0.15, 0.2) is 6.10 Å². The van der Waals surface area contributed by atoms with E-state index in [2.05, 4.69) is 15.3 Å². The first-order valence-corrected chi connectivity index (χ1v) is 11.3. The Morgan fingerprint density at radius 2 is 1.92 bits per heavy atom. The quantitative estimate of drug-likeness (QED) is 0.386. The third-order valence-corrected chi connectivity index (χ3v) is 5.74. The van der Waals surface area contributed by atoms with Gasteiger partial charge in [-0.2, -0.15) is 13.2 Å². The third-order valence-electron chi connectivity index (χ3n) is 5.39. The average Bonchev–Trinajstić information content (AvgIpc) is 3.18. The molecule has 0 saturated heterocycles. The molecule has 0 aliphatic heterocycles. The highest BCUT2D eigenvalue weighted by Gasteiger charge is 2.39. The van der Waals surface area contributed by atoms with Crippen LogP contribution in [0, 0.1) is 12.7 Å². The van der Waals surface area contributed by atoms with Crippen molar-refractivity contribution in [1.29, 1.82) is 0 Å². The van der Waals surface area contributed by atoms with Gasteiger partial charge in [0, 0.05) is 25.0 Å². The Morgan fingerprint density at radius 3 is 2.46 bits per heavy atom. The van der Waals surface area contributed by atoms with Crippen molar-refractivity contribution in [2.75, 3.05) is 12.4 Å². The van der Waals surface area contributed by atoms with Crippen LogP contribution in [0.25, 0.3) is 11.3 Å². The molecule has 8 nitrogen and oxygen atoms in total. The topological polar surface area (TPSA) is 98.5 Å². The van der Waals surface area contributed by atoms with Crippen molar-refractivity contribution in [3.8, 4) is 22.9 Å². The zero-order valence-corrected chi connectivity index (χ0v) is 21.5. The Balaban J connectivity index is 2.13. The molecule has 0 unspecified atom stereocenters. The smallest absolute Gasteiger partial charge is 0.425 e. The van der Waals surface area contributed by atoms with Gasteiger partial charge in [0.2, 0.25) is 5.88 Å². The van der Waals surface area contributed by atoms with E-state index in [0.29, 0.717) is 5.56 Å². The second-order valence-electron chi connectivity index (χ2n) is 8.84. The van der Waals surface area contributed by atoms with Crippen LogP contribution in [0.4, 0.5) is 23.2 Å². The molecule has 13 heteroatoms. The van der Waals surface area contributed by atoms with Crippen molar-refractivity contribution < 1.29 is 36.9 Å². The summed E-state index contributed by atoms with van der Waals surface area (Å²) in [5.74, 6) is -2.28. The van der Waals surface area contributed by atoms with E-state index in [1.807, 2.05) is 0 Å². The van der Waals surface area contributed by atoms with Crippen LogP contribution in [0.15, 0.2) is 24.5 Å². The van der Waals surface area contributed by atoms with E-state index in [-0.39, 0.29) is 33.7 Å². The SMILES string of the molecule is COc1ncc(C)c(NC(=O)c2cc(F)c(-c3cn(C)c(C(C)(C)O)n3)cc2O[C@@H](C)C(F)(F)F)c1Cl. The van der Waals surface area contributed by atoms with Gasteiger partial charge in [0.05, 0.1) is 24.1 Å². The number of benzene rings is 1. The number of alkyl halides is 3. The lowest BCUT2D eigenvalue weighted by Crippen LogP contribution is -2.32. The van der Waals surface area contributed by atoms with Crippen molar-refractivity contribution >= 4 is 23.2 Å². The maximum absolute atomic E-state index is 15.3. The highest BCUT2D eigenvalue weighted by molar-refractivity contribution is 6.35. The molecule has 0 radical (unpaired) electrons. The molecule has 0 aliphatic rings. The molecule has 200 valence electrons. The number of methoxy groups -OCH3 is 1. The summed E-state index contributed by atoms with van der Waals surface area (Å²) in [6.45, 7) is 5.29. The maximum Gasteiger partial charge on any atom is 0.425 e. The maximum atomic E-state index is 15.3. The number of amides is 1. The molecule has 0 saturated carbocycles. The van der Waals surface area contributed by atoms with Gasteiger partial charge in [-0.25, -0.2) is 14.4 Å². The molecule has 0 aliphatic carbocycles. The van der Waals surface area contributed by atoms with Gasteiger partial charge in [-0.05, 0) is 45.4 Å². The summed E-state index contributed by atoms with van der Waals surface area (Å²) in [6.07, 6.45) is -4.32. The minimum absolute atomic E-state index is 0.00373. The van der Waals surface area contributed by atoms with Crippen molar-refractivity contribution in [1.82, 2.24) is 14.5 Å². The number of pyridine rings is 1. The lowest BCUT2D eigenvalue weighted by molar-refractivity contribution is -0.189. The monoisotopic (exact) mass is 544 g/mol. The molecule has 1 aromatic carbocycles. The van der Waals surface area contributed by atoms with Gasteiger partial charge in [-0.3, -0.25) is 4.79 Å². The van der Waals surface area contributed by atoms with Crippen LogP contribution in [-0.4, -0.2) is 44.9 Å². The second kappa shape index (κ2) is 10.2. The van der Waals surface area contributed by atoms with E-state index in [0.717, 1.165) is 19.1 Å². The molecular formula is C24H25ClF4N4O4. The zero-order valence-electron chi connectivity index (χ0n) is 20.8. The van der Waals surface area contributed by atoms with Crippen molar-refractivity contribution in [2.24, 2.45) is 7.05 Å². The molecule has 0 spiro atoms. The molecule has 1 amide bonds. The Hall–Kier alpha value is -3.38. The normalized spacial score (nSPS) is 12.9. The van der Waals surface area contributed by atoms with Crippen molar-refractivity contribution in [3.05, 3.63) is 52.3 Å². The Bertz CT molecular complexity index is 1340. The molecule has 3 rings (SSSR count). The zero-order chi connectivity index (χ0) is 27.9. The highest BCUT2D eigenvalue weighted by Crippen LogP contribution is 2.36. The fourth-order valence-electron chi connectivity index (χ4n) is 3.48. The summed E-state index contributed by atoms with van der Waals surface area (Å²) >= 11 is 6.23. The van der Waals surface area contributed by atoms with E-state index >= 15 is 4.39 Å². The molecule has 2 heterocycles. The number of aromatic nitrogens is 3. The van der Waals surface area contributed by atoms with Crippen LogP contribution in [-0.2, 0) is 12.6 Å². The standard InChI is InChI=1S/C24H25ClF4N4O4/c1-11-9-30-21(36-6)18(25)19(11)32-20(34)14-7-15(26)13(8-17(14)37-12(2)24(27,28)29)16-10-33(5)22(31-16)23(3,4)35/h7-10,12,35H,1-6H3,(H,30,32,34)/t12-/m0/s1. The number of imidazole rings is 1. The Kier molecular flexibility index (Phi) is 7.75. The first-order chi connectivity index (χ1) is 17.0. The van der Waals surface area contributed by atoms with E-state index < -0.39 is 40.9 Å². The summed E-state index contributed by atoms with van der Waals surface area (Å²) in [5.41, 5.74) is -1.59. The summed E-state index contributed by atoms with van der Waals surface area (Å²) in [7, 11) is 2.89. The van der Waals surface area contributed by atoms with Gasteiger partial charge in [-0.15, -0.1) is 0 Å². The fourth-order valence-corrected chi connectivity index (χ4v) is 3.80. The van der Waals surface area contributed by atoms with Gasteiger partial charge < -0.3 is 24.5 Å². The van der Waals surface area contributed by atoms with Crippen molar-refractivity contribution in [2.45, 2.75) is 45.6 Å². The number of rotatable bonds is 7. The van der Waals surface area contributed by atoms with E-state index in [9.17, 15) is 23.1 Å². The first-order valence-electron chi connectivity index (χ1n) is 10.9. The number of carbonyl (C=O) groups excluding carboxylic acids is 1. The number of hydrogen-bond acceptors (Lipinski definition) is 6. The predicted molar refractivity (Wildman–Crippen MR) is 128 cm³/mol. The van der Waals surface area contributed by atoms with Gasteiger partial charge in [0.1, 0.15) is 28.0 Å². The summed E-state index contributed by atoms with van der Waals surface area (Å²) in [5, 5.41) is 12.7. The molecule has 0 fully saturated rings. The van der Waals surface area contributed by atoms with Crippen LogP contribution in [0.1, 0.15) is 42.5 Å². The fraction of sp³-hybridized carbons (Fsp3) is 0.375. The molecule has 3 aromatic rings. The molecule has 2 aromatic heterocycles. The highest BCUT2D eigenvalue weighted by atomic mass is 35.5. The number of ether oxygens (including phenoxy) is 2. The minimum atomic E-state index is -4.76. The Labute approximate surface area is 215 Å². The average molecular weight is 545 g/mol. The number of aryl methyl sites for hydroxylation is 2. The van der Waals surface area contributed by atoms with Crippen LogP contribution in [0.2, 0.25) is 5.02 Å². The lowest BCUT2D eigenvalue weighted by atomic mass is 10.1. The van der Waals surface area contributed by atoms with Gasteiger partial charge >= 0.3 is 6.18 Å². The van der Waals surface area contributed by atoms with Crippen LogP contribution in [0.3, 0.4) is 0 Å². The number of nitrogens with one attached hydrogen (secondary N) is 1. The number of hydrogen-bond donors (Lipinski definition) is 2. The second-order valence-corrected chi connectivity index (χ2v) is 9.22. The van der Waals surface area contributed by atoms with Crippen molar-refractivity contribution in [3.63, 3.8) is 0 Å². The van der Waals surface area contributed by atoms with Crippen LogP contribution < -0.4 is 14.8 Å². The Morgan fingerprint density at radius 1 is 1.27 bits per heavy atom. The number of nitrogens with zero attached hydrogens (tertiary/aromatic N) is 3.